The van der Waals surface area contributed by atoms with Crippen molar-refractivity contribution >= 4 is 21.6 Å². The number of benzene rings is 2. The van der Waals surface area contributed by atoms with Gasteiger partial charge in [-0.3, -0.25) is 4.79 Å². The molecule has 1 amide bonds. The van der Waals surface area contributed by atoms with Gasteiger partial charge in [-0.1, -0.05) is 30.3 Å². The largest absolute Gasteiger partial charge is 0.332 e. The summed E-state index contributed by atoms with van der Waals surface area (Å²) in [4.78, 5) is 14.9. The van der Waals surface area contributed by atoms with Gasteiger partial charge in [0.15, 0.2) is 6.04 Å². The lowest BCUT2D eigenvalue weighted by Crippen LogP contribution is -2.90. The minimum absolute atomic E-state index is 0.0867. The molecule has 4 N–H and O–H groups in total. The van der Waals surface area contributed by atoms with Crippen LogP contribution in [0.5, 0.6) is 0 Å². The van der Waals surface area contributed by atoms with Crippen LogP contribution < -0.4 is 15.4 Å². The van der Waals surface area contributed by atoms with Gasteiger partial charge in [-0.25, -0.2) is 13.6 Å². The van der Waals surface area contributed by atoms with Crippen LogP contribution in [-0.4, -0.2) is 26.4 Å². The van der Waals surface area contributed by atoms with Gasteiger partial charge in [0.25, 0.3) is 5.91 Å². The van der Waals surface area contributed by atoms with Crippen molar-refractivity contribution in [3.8, 4) is 0 Å². The highest BCUT2D eigenvalue weighted by molar-refractivity contribution is 7.89. The Labute approximate surface area is 154 Å². The number of sulfonamides is 1. The van der Waals surface area contributed by atoms with Crippen LogP contribution in [0.15, 0.2) is 53.4 Å². The maximum atomic E-state index is 12.9. The number of carbonyl (C=O) groups is 1. The second-order valence-corrected chi connectivity index (χ2v) is 8.37. The zero-order chi connectivity index (χ0) is 18.9. The number of hydrogen-bond donors (Lipinski definition) is 2. The molecular weight excluding hydrogens is 350 g/mol. The molecule has 0 saturated carbocycles. The van der Waals surface area contributed by atoms with Gasteiger partial charge >= 0.3 is 0 Å². The lowest BCUT2D eigenvalue weighted by atomic mass is 10.1. The molecule has 3 rings (SSSR count). The van der Waals surface area contributed by atoms with Crippen LogP contribution in [0.1, 0.15) is 25.0 Å². The van der Waals surface area contributed by atoms with Gasteiger partial charge in [0.2, 0.25) is 10.0 Å². The van der Waals surface area contributed by atoms with E-state index < -0.39 is 10.0 Å². The van der Waals surface area contributed by atoms with E-state index in [2.05, 4.69) is 13.0 Å². The first-order valence-electron chi connectivity index (χ1n) is 8.63. The number of rotatable bonds is 5. The van der Waals surface area contributed by atoms with Crippen LogP contribution in [0.4, 0.5) is 5.69 Å². The third kappa shape index (κ3) is 3.80. The van der Waals surface area contributed by atoms with Gasteiger partial charge in [0.1, 0.15) is 6.54 Å². The van der Waals surface area contributed by atoms with Crippen molar-refractivity contribution in [2.75, 3.05) is 4.90 Å². The number of carbonyl (C=O) groups excluding carboxylic acids is 1. The second-order valence-electron chi connectivity index (χ2n) is 6.81. The molecule has 0 spiro atoms. The Hall–Kier alpha value is -2.22. The molecule has 2 atom stereocenters. The van der Waals surface area contributed by atoms with E-state index in [0.717, 1.165) is 17.7 Å². The fourth-order valence-corrected chi connectivity index (χ4v) is 3.87. The van der Waals surface area contributed by atoms with Gasteiger partial charge in [0.05, 0.1) is 4.90 Å². The zero-order valence-electron chi connectivity index (χ0n) is 14.9. The van der Waals surface area contributed by atoms with E-state index in [1.54, 1.807) is 12.1 Å². The molecule has 6 nitrogen and oxygen atoms in total. The van der Waals surface area contributed by atoms with Crippen LogP contribution in [0.25, 0.3) is 0 Å². The third-order valence-corrected chi connectivity index (χ3v) is 5.72. The van der Waals surface area contributed by atoms with Crippen LogP contribution in [0, 0.1) is 0 Å². The summed E-state index contributed by atoms with van der Waals surface area (Å²) < 4.78 is 22.6. The van der Waals surface area contributed by atoms with Crippen molar-refractivity contribution in [1.82, 2.24) is 0 Å². The Bertz CT molecular complexity index is 910. The molecule has 7 heteroatoms. The van der Waals surface area contributed by atoms with Crippen LogP contribution in [-0.2, 0) is 27.8 Å². The van der Waals surface area contributed by atoms with Crippen molar-refractivity contribution in [1.29, 1.82) is 0 Å². The van der Waals surface area contributed by atoms with Crippen LogP contribution in [0.3, 0.4) is 0 Å². The predicted molar refractivity (Wildman–Crippen MR) is 100 cm³/mol. The van der Waals surface area contributed by atoms with Crippen molar-refractivity contribution < 1.29 is 18.5 Å². The Balaban J connectivity index is 1.65. The maximum Gasteiger partial charge on any atom is 0.285 e. The highest BCUT2D eigenvalue weighted by Crippen LogP contribution is 2.31. The average Bonchev–Trinajstić information content (AvgIpc) is 2.94. The van der Waals surface area contributed by atoms with E-state index in [4.69, 9.17) is 5.14 Å². The Morgan fingerprint density at radius 2 is 1.88 bits per heavy atom. The fourth-order valence-electron chi connectivity index (χ4n) is 3.35. The smallest absolute Gasteiger partial charge is 0.285 e. The molecule has 1 aliphatic heterocycles. The van der Waals surface area contributed by atoms with Crippen molar-refractivity contribution in [2.24, 2.45) is 5.14 Å². The third-order valence-electron chi connectivity index (χ3n) is 4.79. The van der Waals surface area contributed by atoms with Crippen molar-refractivity contribution in [3.05, 3.63) is 59.7 Å². The molecular formula is C19H24N3O3S+. The molecule has 26 heavy (non-hydrogen) atoms. The van der Waals surface area contributed by atoms with Crippen molar-refractivity contribution in [2.45, 2.75) is 43.8 Å². The first-order valence-corrected chi connectivity index (χ1v) is 10.2. The first-order chi connectivity index (χ1) is 12.3. The minimum Gasteiger partial charge on any atom is -0.332 e. The second kappa shape index (κ2) is 7.19. The SMILES string of the molecule is C[C@H]([NH2+]Cc1ccc(S(N)(=O)=O)cc1)C(=O)N1c2ccccc2C[C@@H]1C. The molecule has 2 aromatic carbocycles. The van der Waals surface area contributed by atoms with Crippen molar-refractivity contribution in [3.63, 3.8) is 0 Å². The number of amides is 1. The molecule has 0 aromatic heterocycles. The molecule has 1 heterocycles. The van der Waals surface area contributed by atoms with Crippen LogP contribution >= 0.6 is 0 Å². The summed E-state index contributed by atoms with van der Waals surface area (Å²) in [5.41, 5.74) is 3.15. The molecule has 0 saturated heterocycles. The minimum atomic E-state index is -3.68. The number of fused-ring (bicyclic) bond motifs is 1. The quantitative estimate of drug-likeness (QED) is 0.809. The van der Waals surface area contributed by atoms with E-state index in [-0.39, 0.29) is 22.9 Å². The molecule has 2 aromatic rings. The molecule has 0 fully saturated rings. The van der Waals surface area contributed by atoms with E-state index >= 15 is 0 Å². The molecule has 0 radical (unpaired) electrons. The van der Waals surface area contributed by atoms with E-state index in [0.29, 0.717) is 6.54 Å². The number of primary sulfonamides is 1. The normalized spacial score (nSPS) is 17.8. The van der Waals surface area contributed by atoms with Gasteiger partial charge < -0.3 is 10.2 Å². The zero-order valence-corrected chi connectivity index (χ0v) is 15.7. The fraction of sp³-hybridized carbons (Fsp3) is 0.316. The topological polar surface area (TPSA) is 97.1 Å². The summed E-state index contributed by atoms with van der Waals surface area (Å²) in [5, 5.41) is 7.07. The Morgan fingerprint density at radius 1 is 1.23 bits per heavy atom. The Morgan fingerprint density at radius 3 is 2.54 bits per heavy atom. The Kier molecular flexibility index (Phi) is 5.13. The summed E-state index contributed by atoms with van der Waals surface area (Å²) in [7, 11) is -3.68. The maximum absolute atomic E-state index is 12.9. The summed E-state index contributed by atoms with van der Waals surface area (Å²) in [5.74, 6) is 0.0867. The van der Waals surface area contributed by atoms with E-state index in [1.807, 2.05) is 35.3 Å². The molecule has 0 bridgehead atoms. The molecule has 1 aliphatic rings. The van der Waals surface area contributed by atoms with E-state index in [1.165, 1.54) is 17.7 Å². The first kappa shape index (κ1) is 18.6. The van der Waals surface area contributed by atoms with Gasteiger partial charge in [-0.05, 0) is 44.0 Å². The highest BCUT2D eigenvalue weighted by Gasteiger charge is 2.34. The molecule has 0 unspecified atom stereocenters. The number of quaternary nitrogens is 1. The number of hydrogen-bond acceptors (Lipinski definition) is 3. The monoisotopic (exact) mass is 374 g/mol. The van der Waals surface area contributed by atoms with Crippen LogP contribution in [0.2, 0.25) is 0 Å². The lowest BCUT2D eigenvalue weighted by molar-refractivity contribution is -0.688. The highest BCUT2D eigenvalue weighted by atomic mass is 32.2. The lowest BCUT2D eigenvalue weighted by Gasteiger charge is -2.25. The number of anilines is 1. The molecule has 138 valence electrons. The van der Waals surface area contributed by atoms with E-state index in [9.17, 15) is 13.2 Å². The standard InChI is InChI=1S/C19H23N3O3S/c1-13-11-16-5-3-4-6-18(16)22(13)19(23)14(2)21-12-15-7-9-17(10-8-15)26(20,24)25/h3-10,13-14,21H,11-12H2,1-2H3,(H2,20,24,25)/p+1/t13-,14-/m0/s1. The van der Waals surface area contributed by atoms with Gasteiger partial charge in [-0.2, -0.15) is 0 Å². The van der Waals surface area contributed by atoms with Gasteiger partial charge in [-0.15, -0.1) is 0 Å². The summed E-state index contributed by atoms with van der Waals surface area (Å²) in [6.45, 7) is 4.55. The number of nitrogens with zero attached hydrogens (tertiary/aromatic N) is 1. The summed E-state index contributed by atoms with van der Waals surface area (Å²) in [6, 6.07) is 14.4. The number of para-hydroxylation sites is 1. The molecule has 0 aliphatic carbocycles. The van der Waals surface area contributed by atoms with Gasteiger partial charge in [0, 0.05) is 17.3 Å². The number of nitrogens with two attached hydrogens (primary N) is 2. The summed E-state index contributed by atoms with van der Waals surface area (Å²) in [6.07, 6.45) is 0.879. The summed E-state index contributed by atoms with van der Waals surface area (Å²) >= 11 is 0. The average molecular weight is 374 g/mol. The predicted octanol–water partition coefficient (Wildman–Crippen LogP) is 0.764.